The number of hydrogen-bond donors (Lipinski definition) is 0. The molecule has 0 aromatic heterocycles. The summed E-state index contributed by atoms with van der Waals surface area (Å²) in [6, 6.07) is 0. The van der Waals surface area contributed by atoms with Gasteiger partial charge in [-0.15, -0.1) is 0 Å². The zero-order valence-corrected chi connectivity index (χ0v) is 9.68. The van der Waals surface area contributed by atoms with Crippen LogP contribution < -0.4 is 0 Å². The van der Waals surface area contributed by atoms with Crippen molar-refractivity contribution in [3.8, 4) is 0 Å². The van der Waals surface area contributed by atoms with Gasteiger partial charge in [-0.25, -0.2) is 0 Å². The van der Waals surface area contributed by atoms with Gasteiger partial charge in [-0.2, -0.15) is 0 Å². The van der Waals surface area contributed by atoms with Gasteiger partial charge < -0.3 is 4.74 Å². The topological polar surface area (TPSA) is 26.3 Å². The highest BCUT2D eigenvalue weighted by molar-refractivity contribution is 9.09. The van der Waals surface area contributed by atoms with Crippen LogP contribution in [-0.2, 0) is 9.53 Å². The lowest BCUT2D eigenvalue weighted by Gasteiger charge is -2.16. The molecule has 3 heteroatoms. The Morgan fingerprint density at radius 1 is 1.54 bits per heavy atom. The Kier molecular flexibility index (Phi) is 4.78. The SMILES string of the molecule is C[C@H](C(=O)OCCBr)C1CCCC1. The molecule has 0 spiro atoms. The average Bonchev–Trinajstić information content (AvgIpc) is 2.65. The highest BCUT2D eigenvalue weighted by Crippen LogP contribution is 2.31. The first-order chi connectivity index (χ1) is 6.25. The minimum atomic E-state index is -0.0219. The number of carbonyl (C=O) groups excluding carboxylic acids is 1. The Hall–Kier alpha value is -0.0500. The summed E-state index contributed by atoms with van der Waals surface area (Å²) in [6.45, 7) is 2.49. The van der Waals surface area contributed by atoms with Crippen LogP contribution >= 0.6 is 15.9 Å². The van der Waals surface area contributed by atoms with E-state index in [2.05, 4.69) is 15.9 Å². The Balaban J connectivity index is 2.28. The van der Waals surface area contributed by atoms with Gasteiger partial charge in [-0.05, 0) is 18.8 Å². The predicted molar refractivity (Wildman–Crippen MR) is 55.9 cm³/mol. The fourth-order valence-corrected chi connectivity index (χ4v) is 2.08. The molecule has 0 aromatic rings. The van der Waals surface area contributed by atoms with Gasteiger partial charge in [0.25, 0.3) is 0 Å². The van der Waals surface area contributed by atoms with Gasteiger partial charge in [-0.3, -0.25) is 4.79 Å². The van der Waals surface area contributed by atoms with Crippen molar-refractivity contribution in [3.05, 3.63) is 0 Å². The Labute approximate surface area is 88.2 Å². The Morgan fingerprint density at radius 3 is 2.69 bits per heavy atom. The monoisotopic (exact) mass is 248 g/mol. The minimum absolute atomic E-state index is 0.0219. The second-order valence-electron chi connectivity index (χ2n) is 3.69. The van der Waals surface area contributed by atoms with Crippen LogP contribution in [-0.4, -0.2) is 17.9 Å². The van der Waals surface area contributed by atoms with Crippen LogP contribution in [0.4, 0.5) is 0 Å². The number of carbonyl (C=O) groups is 1. The Bertz CT molecular complexity index is 164. The van der Waals surface area contributed by atoms with Crippen LogP contribution in [0.25, 0.3) is 0 Å². The lowest BCUT2D eigenvalue weighted by atomic mass is 9.93. The summed E-state index contributed by atoms with van der Waals surface area (Å²) in [4.78, 5) is 11.4. The van der Waals surface area contributed by atoms with E-state index in [9.17, 15) is 4.79 Å². The van der Waals surface area contributed by atoms with E-state index in [1.165, 1.54) is 25.7 Å². The molecule has 0 aliphatic heterocycles. The summed E-state index contributed by atoms with van der Waals surface area (Å²) >= 11 is 3.23. The molecule has 0 N–H and O–H groups in total. The number of ether oxygens (including phenoxy) is 1. The third-order valence-electron chi connectivity index (χ3n) is 2.80. The summed E-state index contributed by atoms with van der Waals surface area (Å²) in [5.41, 5.74) is 0. The van der Waals surface area contributed by atoms with E-state index in [-0.39, 0.29) is 11.9 Å². The molecule has 0 saturated heterocycles. The van der Waals surface area contributed by atoms with Crippen LogP contribution in [0.5, 0.6) is 0 Å². The quantitative estimate of drug-likeness (QED) is 0.565. The van der Waals surface area contributed by atoms with Gasteiger partial charge >= 0.3 is 5.97 Å². The van der Waals surface area contributed by atoms with Crippen LogP contribution in [0.2, 0.25) is 0 Å². The van der Waals surface area contributed by atoms with E-state index in [0.29, 0.717) is 12.5 Å². The van der Waals surface area contributed by atoms with Gasteiger partial charge in [0.15, 0.2) is 0 Å². The van der Waals surface area contributed by atoms with Gasteiger partial charge in [0.1, 0.15) is 6.61 Å². The fraction of sp³-hybridized carbons (Fsp3) is 0.900. The first-order valence-corrected chi connectivity index (χ1v) is 6.10. The molecule has 0 amide bonds. The largest absolute Gasteiger partial charge is 0.465 e. The van der Waals surface area contributed by atoms with Crippen LogP contribution in [0, 0.1) is 11.8 Å². The zero-order chi connectivity index (χ0) is 9.68. The van der Waals surface area contributed by atoms with Crippen molar-refractivity contribution >= 4 is 21.9 Å². The molecule has 76 valence electrons. The minimum Gasteiger partial charge on any atom is -0.465 e. The normalized spacial score (nSPS) is 20.2. The van der Waals surface area contributed by atoms with Crippen LogP contribution in [0.1, 0.15) is 32.6 Å². The summed E-state index contributed by atoms with van der Waals surface area (Å²) < 4.78 is 5.08. The van der Waals surface area contributed by atoms with Gasteiger partial charge in [0.05, 0.1) is 5.92 Å². The van der Waals surface area contributed by atoms with Crippen molar-refractivity contribution in [3.63, 3.8) is 0 Å². The molecule has 0 radical (unpaired) electrons. The van der Waals surface area contributed by atoms with Crippen LogP contribution in [0.15, 0.2) is 0 Å². The van der Waals surface area contributed by atoms with Crippen molar-refractivity contribution in [2.24, 2.45) is 11.8 Å². The first kappa shape index (κ1) is 11.0. The molecular formula is C10H17BrO2. The molecule has 1 aliphatic carbocycles. The summed E-state index contributed by atoms with van der Waals surface area (Å²) in [5, 5.41) is 0.732. The van der Waals surface area contributed by atoms with E-state index in [0.717, 1.165) is 5.33 Å². The van der Waals surface area contributed by atoms with Crippen molar-refractivity contribution in [2.45, 2.75) is 32.6 Å². The smallest absolute Gasteiger partial charge is 0.308 e. The standard InChI is InChI=1S/C10H17BrO2/c1-8(9-4-2-3-5-9)10(12)13-7-6-11/h8-9H,2-7H2,1H3/t8-/m0/s1. The van der Waals surface area contributed by atoms with Gasteiger partial charge in [-0.1, -0.05) is 35.7 Å². The highest BCUT2D eigenvalue weighted by atomic mass is 79.9. The number of esters is 1. The second kappa shape index (κ2) is 5.63. The van der Waals surface area contributed by atoms with Crippen LogP contribution in [0.3, 0.4) is 0 Å². The van der Waals surface area contributed by atoms with E-state index in [1.54, 1.807) is 0 Å². The molecule has 1 saturated carbocycles. The average molecular weight is 249 g/mol. The molecule has 2 nitrogen and oxygen atoms in total. The Morgan fingerprint density at radius 2 is 2.15 bits per heavy atom. The van der Waals surface area contributed by atoms with E-state index >= 15 is 0 Å². The van der Waals surface area contributed by atoms with Gasteiger partial charge in [0, 0.05) is 5.33 Å². The molecule has 13 heavy (non-hydrogen) atoms. The maximum atomic E-state index is 11.4. The molecule has 1 atom stereocenters. The summed E-state index contributed by atoms with van der Waals surface area (Å²) in [6.07, 6.45) is 4.95. The molecular weight excluding hydrogens is 232 g/mol. The number of hydrogen-bond acceptors (Lipinski definition) is 2. The molecule has 1 aliphatic rings. The number of alkyl halides is 1. The highest BCUT2D eigenvalue weighted by Gasteiger charge is 2.27. The molecule has 0 unspecified atom stereocenters. The zero-order valence-electron chi connectivity index (χ0n) is 8.09. The molecule has 0 heterocycles. The van der Waals surface area contributed by atoms with E-state index in [4.69, 9.17) is 4.74 Å². The molecule has 0 aromatic carbocycles. The maximum absolute atomic E-state index is 11.4. The number of halogens is 1. The fourth-order valence-electron chi connectivity index (χ4n) is 1.92. The first-order valence-electron chi connectivity index (χ1n) is 4.98. The van der Waals surface area contributed by atoms with Crippen molar-refractivity contribution < 1.29 is 9.53 Å². The summed E-state index contributed by atoms with van der Waals surface area (Å²) in [5.74, 6) is 0.649. The van der Waals surface area contributed by atoms with Crippen molar-refractivity contribution in [1.82, 2.24) is 0 Å². The lowest BCUT2D eigenvalue weighted by Crippen LogP contribution is -2.22. The maximum Gasteiger partial charge on any atom is 0.308 e. The third kappa shape index (κ3) is 3.29. The van der Waals surface area contributed by atoms with Gasteiger partial charge in [0.2, 0.25) is 0 Å². The van der Waals surface area contributed by atoms with E-state index < -0.39 is 0 Å². The molecule has 0 bridgehead atoms. The second-order valence-corrected chi connectivity index (χ2v) is 4.48. The lowest BCUT2D eigenvalue weighted by molar-refractivity contribution is -0.149. The van der Waals surface area contributed by atoms with Crippen molar-refractivity contribution in [2.75, 3.05) is 11.9 Å². The summed E-state index contributed by atoms with van der Waals surface area (Å²) in [7, 11) is 0. The predicted octanol–water partition coefficient (Wildman–Crippen LogP) is 2.75. The third-order valence-corrected chi connectivity index (χ3v) is 3.12. The van der Waals surface area contributed by atoms with E-state index in [1.807, 2.05) is 6.92 Å². The molecule has 1 fully saturated rings. The number of rotatable bonds is 4. The molecule has 1 rings (SSSR count). The van der Waals surface area contributed by atoms with Crippen molar-refractivity contribution in [1.29, 1.82) is 0 Å².